The number of alkyl halides is 3. The summed E-state index contributed by atoms with van der Waals surface area (Å²) in [5.74, 6) is -4.52. The summed E-state index contributed by atoms with van der Waals surface area (Å²) in [6, 6.07) is 13.1. The number of anilines is 1. The number of hydrogen-bond donors (Lipinski definition) is 3. The van der Waals surface area contributed by atoms with Gasteiger partial charge in [0, 0.05) is 12.4 Å². The Hall–Kier alpha value is -5.27. The fourth-order valence-electron chi connectivity index (χ4n) is 3.66. The van der Waals surface area contributed by atoms with Crippen LogP contribution in [0.3, 0.4) is 0 Å². The standard InChI is InChI=1S/C27H19F5N4O5/c28-18-7-4-10-33-23(18)22(16-8-9-21(19(29)11-16)41-27(30,31)32)36-24(37)17-12-20(35-26(38)39)25(34-13-17)40-14-15-5-2-1-3-6-15/h1-13,22,35H,14H2,(H,36,37)(H,38,39). The zero-order valence-corrected chi connectivity index (χ0v) is 20.7. The van der Waals surface area contributed by atoms with Gasteiger partial charge < -0.3 is 19.9 Å². The van der Waals surface area contributed by atoms with Crippen molar-refractivity contribution in [1.82, 2.24) is 15.3 Å². The second-order valence-corrected chi connectivity index (χ2v) is 8.30. The minimum atomic E-state index is -5.16. The molecule has 4 aromatic rings. The quantitative estimate of drug-likeness (QED) is 0.215. The van der Waals surface area contributed by atoms with Crippen molar-refractivity contribution < 1.29 is 46.1 Å². The first-order valence-electron chi connectivity index (χ1n) is 11.6. The molecule has 1 unspecified atom stereocenters. The SMILES string of the molecule is O=C(O)Nc1cc(C(=O)NC(c2ccc(OC(F)(F)F)c(F)c2)c2ncccc2F)cnc1OCc1ccccc1. The van der Waals surface area contributed by atoms with Gasteiger partial charge in [-0.2, -0.15) is 0 Å². The lowest BCUT2D eigenvalue weighted by Gasteiger charge is -2.20. The van der Waals surface area contributed by atoms with Crippen molar-refractivity contribution in [2.45, 2.75) is 19.0 Å². The van der Waals surface area contributed by atoms with E-state index in [9.17, 15) is 36.6 Å². The number of pyridine rings is 2. The average molecular weight is 574 g/mol. The van der Waals surface area contributed by atoms with Crippen LogP contribution in [0.15, 0.2) is 79.1 Å². The Morgan fingerprint density at radius 2 is 1.71 bits per heavy atom. The van der Waals surface area contributed by atoms with E-state index in [0.717, 1.165) is 30.0 Å². The fraction of sp³-hybridized carbons (Fsp3) is 0.111. The van der Waals surface area contributed by atoms with Gasteiger partial charge in [0.05, 0.1) is 11.6 Å². The lowest BCUT2D eigenvalue weighted by Crippen LogP contribution is -2.31. The summed E-state index contributed by atoms with van der Waals surface area (Å²) in [7, 11) is 0. The molecule has 2 amide bonds. The van der Waals surface area contributed by atoms with E-state index in [1.54, 1.807) is 30.3 Å². The van der Waals surface area contributed by atoms with Gasteiger partial charge in [-0.25, -0.2) is 18.6 Å². The van der Waals surface area contributed by atoms with E-state index >= 15 is 0 Å². The lowest BCUT2D eigenvalue weighted by atomic mass is 10.0. The van der Waals surface area contributed by atoms with Crippen LogP contribution in [0.4, 0.5) is 32.4 Å². The van der Waals surface area contributed by atoms with E-state index in [2.05, 4.69) is 25.3 Å². The second kappa shape index (κ2) is 12.3. The number of ether oxygens (including phenoxy) is 2. The van der Waals surface area contributed by atoms with Crippen LogP contribution >= 0.6 is 0 Å². The molecular formula is C27H19F5N4O5. The molecule has 1 atom stereocenters. The Kier molecular flexibility index (Phi) is 8.60. The zero-order chi connectivity index (χ0) is 29.6. The van der Waals surface area contributed by atoms with Crippen LogP contribution < -0.4 is 20.1 Å². The number of carboxylic acid groups (broad SMARTS) is 1. The van der Waals surface area contributed by atoms with Crippen LogP contribution in [-0.2, 0) is 6.61 Å². The Morgan fingerprint density at radius 3 is 2.37 bits per heavy atom. The zero-order valence-electron chi connectivity index (χ0n) is 20.7. The molecule has 4 rings (SSSR count). The predicted octanol–water partition coefficient (Wildman–Crippen LogP) is 5.84. The number of amides is 2. The van der Waals surface area contributed by atoms with Crippen LogP contribution in [0.1, 0.15) is 33.2 Å². The number of benzene rings is 2. The number of rotatable bonds is 9. The van der Waals surface area contributed by atoms with Gasteiger partial charge in [0.25, 0.3) is 5.91 Å². The number of hydrogen-bond acceptors (Lipinski definition) is 6. The molecular weight excluding hydrogens is 555 g/mol. The lowest BCUT2D eigenvalue weighted by molar-refractivity contribution is -0.275. The first kappa shape index (κ1) is 28.7. The highest BCUT2D eigenvalue weighted by atomic mass is 19.4. The van der Waals surface area contributed by atoms with Crippen LogP contribution in [0, 0.1) is 11.6 Å². The number of carbonyl (C=O) groups is 2. The van der Waals surface area contributed by atoms with Crippen molar-refractivity contribution in [3.63, 3.8) is 0 Å². The number of carbonyl (C=O) groups excluding carboxylic acids is 1. The van der Waals surface area contributed by atoms with Crippen LogP contribution in [-0.4, -0.2) is 33.4 Å². The van der Waals surface area contributed by atoms with E-state index in [1.807, 2.05) is 0 Å². The Balaban J connectivity index is 1.64. The van der Waals surface area contributed by atoms with Gasteiger partial charge in [-0.05, 0) is 41.5 Å². The molecule has 0 saturated carbocycles. The van der Waals surface area contributed by atoms with Crippen molar-refractivity contribution in [2.24, 2.45) is 0 Å². The predicted molar refractivity (Wildman–Crippen MR) is 133 cm³/mol. The van der Waals surface area contributed by atoms with E-state index in [4.69, 9.17) is 4.74 Å². The topological polar surface area (TPSA) is 123 Å². The molecule has 0 fully saturated rings. The largest absolute Gasteiger partial charge is 0.573 e. The molecule has 2 aromatic heterocycles. The summed E-state index contributed by atoms with van der Waals surface area (Å²) >= 11 is 0. The van der Waals surface area contributed by atoms with Gasteiger partial charge in [-0.1, -0.05) is 36.4 Å². The molecule has 3 N–H and O–H groups in total. The van der Waals surface area contributed by atoms with Gasteiger partial charge in [0.15, 0.2) is 11.6 Å². The summed E-state index contributed by atoms with van der Waals surface area (Å²) in [5.41, 5.74) is -0.162. The number of halogens is 5. The highest BCUT2D eigenvalue weighted by Crippen LogP contribution is 2.31. The van der Waals surface area contributed by atoms with Crippen LogP contribution in [0.2, 0.25) is 0 Å². The van der Waals surface area contributed by atoms with Crippen molar-refractivity contribution in [3.05, 3.63) is 113 Å². The molecule has 0 aliphatic heterocycles. The maximum Gasteiger partial charge on any atom is 0.573 e. The van der Waals surface area contributed by atoms with E-state index in [-0.39, 0.29) is 35.0 Å². The smallest absolute Gasteiger partial charge is 0.471 e. The molecule has 0 bridgehead atoms. The molecule has 0 aliphatic carbocycles. The molecule has 2 aromatic carbocycles. The number of aromatic nitrogens is 2. The molecule has 0 radical (unpaired) electrons. The van der Waals surface area contributed by atoms with Crippen molar-refractivity contribution in [2.75, 3.05) is 5.32 Å². The van der Waals surface area contributed by atoms with E-state index in [1.165, 1.54) is 12.3 Å². The fourth-order valence-corrected chi connectivity index (χ4v) is 3.66. The normalized spacial score (nSPS) is 11.8. The summed E-state index contributed by atoms with van der Waals surface area (Å²) in [4.78, 5) is 32.4. The van der Waals surface area contributed by atoms with Crippen LogP contribution in [0.25, 0.3) is 0 Å². The van der Waals surface area contributed by atoms with Gasteiger partial charge in [0.1, 0.15) is 23.8 Å². The minimum Gasteiger partial charge on any atom is -0.471 e. The van der Waals surface area contributed by atoms with Crippen molar-refractivity contribution in [1.29, 1.82) is 0 Å². The third-order valence-electron chi connectivity index (χ3n) is 5.42. The Labute approximate surface area is 228 Å². The van der Waals surface area contributed by atoms with Gasteiger partial charge >= 0.3 is 12.5 Å². The summed E-state index contributed by atoms with van der Waals surface area (Å²) in [6.45, 7) is 0.0360. The first-order chi connectivity index (χ1) is 19.5. The molecule has 0 spiro atoms. The minimum absolute atomic E-state index is 0.0360. The van der Waals surface area contributed by atoms with Gasteiger partial charge in [0.2, 0.25) is 5.88 Å². The summed E-state index contributed by atoms with van der Waals surface area (Å²) in [5, 5.41) is 13.8. The maximum absolute atomic E-state index is 14.7. The summed E-state index contributed by atoms with van der Waals surface area (Å²) < 4.78 is 76.1. The van der Waals surface area contributed by atoms with Crippen molar-refractivity contribution in [3.8, 4) is 11.6 Å². The van der Waals surface area contributed by atoms with Gasteiger partial charge in [-0.3, -0.25) is 15.1 Å². The molecule has 2 heterocycles. The Bertz CT molecular complexity index is 1550. The number of nitrogens with one attached hydrogen (secondary N) is 2. The van der Waals surface area contributed by atoms with E-state index < -0.39 is 41.8 Å². The van der Waals surface area contributed by atoms with E-state index in [0.29, 0.717) is 12.1 Å². The average Bonchev–Trinajstić information content (AvgIpc) is 2.92. The first-order valence-corrected chi connectivity index (χ1v) is 11.6. The summed E-state index contributed by atoms with van der Waals surface area (Å²) in [6.07, 6.45) is -4.37. The second-order valence-electron chi connectivity index (χ2n) is 8.30. The van der Waals surface area contributed by atoms with Gasteiger partial charge in [-0.15, -0.1) is 13.2 Å². The monoisotopic (exact) mass is 574 g/mol. The third-order valence-corrected chi connectivity index (χ3v) is 5.42. The van der Waals surface area contributed by atoms with Crippen LogP contribution in [0.5, 0.6) is 11.6 Å². The molecule has 41 heavy (non-hydrogen) atoms. The highest BCUT2D eigenvalue weighted by Gasteiger charge is 2.33. The molecule has 9 nitrogen and oxygen atoms in total. The third kappa shape index (κ3) is 7.65. The molecule has 212 valence electrons. The molecule has 14 heteroatoms. The molecule has 0 aliphatic rings. The highest BCUT2D eigenvalue weighted by molar-refractivity contribution is 5.96. The molecule has 0 saturated heterocycles. The number of nitrogens with zero attached hydrogens (tertiary/aromatic N) is 2. The maximum atomic E-state index is 14.7. The Morgan fingerprint density at radius 1 is 0.951 bits per heavy atom. The van der Waals surface area contributed by atoms with Crippen molar-refractivity contribution >= 4 is 17.7 Å².